The van der Waals surface area contributed by atoms with Crippen LogP contribution in [0.15, 0.2) is 0 Å². The van der Waals surface area contributed by atoms with E-state index in [-0.39, 0.29) is 11.9 Å². The molecule has 0 amide bonds. The van der Waals surface area contributed by atoms with Crippen LogP contribution in [0.5, 0.6) is 11.5 Å². The van der Waals surface area contributed by atoms with Crippen molar-refractivity contribution in [2.45, 2.75) is 60.2 Å². The Balaban J connectivity index is 2.50. The minimum absolute atomic E-state index is 0.341. The molecule has 22 heavy (non-hydrogen) atoms. The highest BCUT2D eigenvalue weighted by molar-refractivity contribution is 5.72. The number of carbonyl (C=O) groups excluding carboxylic acids is 2. The molecule has 0 saturated carbocycles. The van der Waals surface area contributed by atoms with Crippen molar-refractivity contribution in [2.75, 3.05) is 0 Å². The Hall–Kier alpha value is -2.04. The maximum atomic E-state index is 11.3. The second-order valence-corrected chi connectivity index (χ2v) is 5.93. The van der Waals surface area contributed by atoms with Crippen LogP contribution in [0.3, 0.4) is 0 Å². The maximum absolute atomic E-state index is 11.3. The standard InChI is InChI=1S/C17H22O5/c1-9-10(2)16-14(11(3)15(9)20-12(4)18)7-8-17(6,22-16)21-13(5)19/h7-8H2,1-6H3. The molecule has 1 aromatic rings. The van der Waals surface area contributed by atoms with Crippen molar-refractivity contribution < 1.29 is 23.8 Å². The molecule has 120 valence electrons. The minimum Gasteiger partial charge on any atom is -0.452 e. The van der Waals surface area contributed by atoms with Crippen LogP contribution in [0.25, 0.3) is 0 Å². The number of ether oxygens (including phenoxy) is 3. The van der Waals surface area contributed by atoms with Gasteiger partial charge < -0.3 is 14.2 Å². The first-order valence-electron chi connectivity index (χ1n) is 7.34. The van der Waals surface area contributed by atoms with Crippen LogP contribution < -0.4 is 9.47 Å². The number of esters is 2. The van der Waals surface area contributed by atoms with Crippen molar-refractivity contribution in [1.82, 2.24) is 0 Å². The summed E-state index contributed by atoms with van der Waals surface area (Å²) in [6.07, 6.45) is 1.25. The molecule has 0 radical (unpaired) electrons. The lowest BCUT2D eigenvalue weighted by Gasteiger charge is -2.36. The van der Waals surface area contributed by atoms with Crippen LogP contribution in [0, 0.1) is 20.8 Å². The number of benzene rings is 1. The van der Waals surface area contributed by atoms with Gasteiger partial charge >= 0.3 is 11.9 Å². The molecule has 0 N–H and O–H groups in total. The SMILES string of the molecule is CC(=O)Oc1c(C)c(C)c2c(c1C)CCC(C)(OC(C)=O)O2. The summed E-state index contributed by atoms with van der Waals surface area (Å²) in [5.41, 5.74) is 3.66. The molecule has 5 nitrogen and oxygen atoms in total. The molecule has 0 aromatic heterocycles. The van der Waals surface area contributed by atoms with E-state index in [1.54, 1.807) is 6.92 Å². The number of carbonyl (C=O) groups is 2. The summed E-state index contributed by atoms with van der Waals surface area (Å²) in [7, 11) is 0. The third kappa shape index (κ3) is 2.93. The Kier molecular flexibility index (Phi) is 4.18. The number of fused-ring (bicyclic) bond motifs is 1. The zero-order valence-corrected chi connectivity index (χ0v) is 14.0. The van der Waals surface area contributed by atoms with Gasteiger partial charge in [0.25, 0.3) is 5.79 Å². The van der Waals surface area contributed by atoms with Gasteiger partial charge in [-0.15, -0.1) is 0 Å². The molecule has 0 saturated heterocycles. The van der Waals surface area contributed by atoms with Gasteiger partial charge in [-0.25, -0.2) is 0 Å². The molecule has 1 atom stereocenters. The number of hydrogen-bond acceptors (Lipinski definition) is 5. The normalized spacial score (nSPS) is 19.9. The van der Waals surface area contributed by atoms with Crippen molar-refractivity contribution >= 4 is 11.9 Å². The second kappa shape index (κ2) is 5.63. The van der Waals surface area contributed by atoms with Gasteiger partial charge in [0.15, 0.2) is 0 Å². The van der Waals surface area contributed by atoms with Crippen molar-refractivity contribution in [3.63, 3.8) is 0 Å². The number of rotatable bonds is 2. The maximum Gasteiger partial charge on any atom is 0.308 e. The molecular formula is C17H22O5. The Morgan fingerprint density at radius 2 is 1.68 bits per heavy atom. The van der Waals surface area contributed by atoms with Crippen molar-refractivity contribution in [1.29, 1.82) is 0 Å². The lowest BCUT2D eigenvalue weighted by atomic mass is 9.91. The van der Waals surface area contributed by atoms with E-state index in [2.05, 4.69) is 0 Å². The largest absolute Gasteiger partial charge is 0.452 e. The summed E-state index contributed by atoms with van der Waals surface area (Å²) in [4.78, 5) is 22.6. The molecular weight excluding hydrogens is 284 g/mol. The van der Waals surface area contributed by atoms with Crippen molar-refractivity contribution in [2.24, 2.45) is 0 Å². The molecule has 0 bridgehead atoms. The van der Waals surface area contributed by atoms with E-state index in [0.29, 0.717) is 18.6 Å². The molecule has 5 heteroatoms. The first kappa shape index (κ1) is 16.3. The summed E-state index contributed by atoms with van der Waals surface area (Å²) in [5, 5.41) is 0. The van der Waals surface area contributed by atoms with E-state index in [1.165, 1.54) is 13.8 Å². The van der Waals surface area contributed by atoms with Gasteiger partial charge in [0.1, 0.15) is 11.5 Å². The Labute approximate surface area is 130 Å². The van der Waals surface area contributed by atoms with E-state index < -0.39 is 5.79 Å². The lowest BCUT2D eigenvalue weighted by molar-refractivity contribution is -0.194. The average molecular weight is 306 g/mol. The molecule has 1 heterocycles. The Bertz CT molecular complexity index is 647. The minimum atomic E-state index is -0.953. The zero-order valence-electron chi connectivity index (χ0n) is 14.0. The molecule has 1 aliphatic heterocycles. The van der Waals surface area contributed by atoms with Gasteiger partial charge in [-0.1, -0.05) is 0 Å². The predicted octanol–water partition coefficient (Wildman–Crippen LogP) is 3.14. The highest BCUT2D eigenvalue weighted by Crippen LogP contribution is 2.44. The Morgan fingerprint density at radius 1 is 1.05 bits per heavy atom. The van der Waals surface area contributed by atoms with Gasteiger partial charge in [0, 0.05) is 32.8 Å². The third-order valence-corrected chi connectivity index (χ3v) is 4.06. The van der Waals surface area contributed by atoms with E-state index in [0.717, 1.165) is 28.0 Å². The Morgan fingerprint density at radius 3 is 2.23 bits per heavy atom. The smallest absolute Gasteiger partial charge is 0.308 e. The zero-order chi connectivity index (χ0) is 16.7. The van der Waals surface area contributed by atoms with Gasteiger partial charge in [-0.3, -0.25) is 9.59 Å². The van der Waals surface area contributed by atoms with Gasteiger partial charge in [-0.2, -0.15) is 0 Å². The topological polar surface area (TPSA) is 61.8 Å². The van der Waals surface area contributed by atoms with Crippen LogP contribution in [0.4, 0.5) is 0 Å². The first-order valence-corrected chi connectivity index (χ1v) is 7.34. The molecule has 0 aliphatic carbocycles. The predicted molar refractivity (Wildman–Crippen MR) is 81.1 cm³/mol. The lowest BCUT2D eigenvalue weighted by Crippen LogP contribution is -2.41. The van der Waals surface area contributed by atoms with E-state index in [4.69, 9.17) is 14.2 Å². The highest BCUT2D eigenvalue weighted by Gasteiger charge is 2.37. The van der Waals surface area contributed by atoms with Crippen molar-refractivity contribution in [3.05, 3.63) is 22.3 Å². The van der Waals surface area contributed by atoms with Crippen LogP contribution in [0.1, 0.15) is 49.4 Å². The molecule has 2 rings (SSSR count). The number of hydrogen-bond donors (Lipinski definition) is 0. The molecule has 1 aliphatic rings. The molecule has 0 fully saturated rings. The second-order valence-electron chi connectivity index (χ2n) is 5.93. The fraction of sp³-hybridized carbons (Fsp3) is 0.529. The van der Waals surface area contributed by atoms with Crippen LogP contribution in [0.2, 0.25) is 0 Å². The van der Waals surface area contributed by atoms with Crippen LogP contribution >= 0.6 is 0 Å². The third-order valence-electron chi connectivity index (χ3n) is 4.06. The van der Waals surface area contributed by atoms with Crippen LogP contribution in [-0.2, 0) is 20.7 Å². The fourth-order valence-corrected chi connectivity index (χ4v) is 2.89. The van der Waals surface area contributed by atoms with Gasteiger partial charge in [0.05, 0.1) is 0 Å². The van der Waals surface area contributed by atoms with Gasteiger partial charge in [0.2, 0.25) is 0 Å². The van der Waals surface area contributed by atoms with E-state index >= 15 is 0 Å². The molecule has 1 aromatic carbocycles. The summed E-state index contributed by atoms with van der Waals surface area (Å²) in [5.74, 6) is -0.337. The average Bonchev–Trinajstić information content (AvgIpc) is 2.39. The first-order chi connectivity index (χ1) is 10.1. The summed E-state index contributed by atoms with van der Waals surface area (Å²) in [6.45, 7) is 10.3. The quantitative estimate of drug-likeness (QED) is 0.620. The monoisotopic (exact) mass is 306 g/mol. The molecule has 0 spiro atoms. The summed E-state index contributed by atoms with van der Waals surface area (Å²) in [6, 6.07) is 0. The molecule has 1 unspecified atom stereocenters. The van der Waals surface area contributed by atoms with Crippen molar-refractivity contribution in [3.8, 4) is 11.5 Å². The highest BCUT2D eigenvalue weighted by atomic mass is 16.7. The van der Waals surface area contributed by atoms with E-state index in [1.807, 2.05) is 20.8 Å². The fourth-order valence-electron chi connectivity index (χ4n) is 2.89. The van der Waals surface area contributed by atoms with Crippen LogP contribution in [-0.4, -0.2) is 17.7 Å². The summed E-state index contributed by atoms with van der Waals surface area (Å²) < 4.78 is 16.7. The van der Waals surface area contributed by atoms with E-state index in [9.17, 15) is 9.59 Å². The summed E-state index contributed by atoms with van der Waals surface area (Å²) >= 11 is 0. The van der Waals surface area contributed by atoms with Gasteiger partial charge in [-0.05, 0) is 43.9 Å².